The Morgan fingerprint density at radius 1 is 1.03 bits per heavy atom. The first kappa shape index (κ1) is 21.7. The minimum absolute atomic E-state index is 0.0474. The Bertz CT molecular complexity index is 1300. The number of amides is 1. The number of halogens is 1. The van der Waals surface area contributed by atoms with E-state index >= 15 is 0 Å². The van der Waals surface area contributed by atoms with E-state index in [1.54, 1.807) is 0 Å². The number of pyridine rings is 1. The van der Waals surface area contributed by atoms with Gasteiger partial charge in [0.05, 0.1) is 0 Å². The Morgan fingerprint density at radius 3 is 2.41 bits per heavy atom. The van der Waals surface area contributed by atoms with Gasteiger partial charge in [0.2, 0.25) is 0 Å². The lowest BCUT2D eigenvalue weighted by molar-refractivity contribution is 0.0910. The zero-order valence-corrected chi connectivity index (χ0v) is 18.6. The highest BCUT2D eigenvalue weighted by molar-refractivity contribution is 6.09. The maximum atomic E-state index is 13.5. The Balaban J connectivity index is 1.92. The van der Waals surface area contributed by atoms with E-state index in [0.29, 0.717) is 35.3 Å². The Labute approximate surface area is 185 Å². The summed E-state index contributed by atoms with van der Waals surface area (Å²) in [5.74, 6) is -1.11. The first-order valence-electron chi connectivity index (χ1n) is 10.5. The van der Waals surface area contributed by atoms with E-state index in [9.17, 15) is 18.8 Å². The van der Waals surface area contributed by atoms with Gasteiger partial charge in [0.15, 0.2) is 5.78 Å². The Hall–Kier alpha value is -3.54. The van der Waals surface area contributed by atoms with E-state index in [2.05, 4.69) is 5.32 Å². The lowest BCUT2D eigenvalue weighted by Crippen LogP contribution is -2.37. The van der Waals surface area contributed by atoms with Crippen LogP contribution in [0.15, 0.2) is 53.5 Å². The molecule has 0 aliphatic heterocycles. The van der Waals surface area contributed by atoms with Crippen LogP contribution in [0.3, 0.4) is 0 Å². The van der Waals surface area contributed by atoms with Gasteiger partial charge in [0.1, 0.15) is 11.4 Å². The average Bonchev–Trinajstić information content (AvgIpc) is 2.70. The molecule has 1 aliphatic carbocycles. The highest BCUT2D eigenvalue weighted by Crippen LogP contribution is 2.36. The molecule has 32 heavy (non-hydrogen) atoms. The van der Waals surface area contributed by atoms with Gasteiger partial charge in [-0.3, -0.25) is 19.0 Å². The van der Waals surface area contributed by atoms with Crippen molar-refractivity contribution in [1.82, 2.24) is 4.57 Å². The van der Waals surface area contributed by atoms with Crippen molar-refractivity contribution in [3.8, 4) is 5.69 Å². The van der Waals surface area contributed by atoms with Gasteiger partial charge in [-0.2, -0.15) is 0 Å². The lowest BCUT2D eigenvalue weighted by Gasteiger charge is -2.31. The average molecular weight is 432 g/mol. The van der Waals surface area contributed by atoms with Crippen molar-refractivity contribution in [1.29, 1.82) is 0 Å². The molecule has 0 spiro atoms. The Kier molecular flexibility index (Phi) is 5.33. The first-order valence-corrected chi connectivity index (χ1v) is 10.5. The van der Waals surface area contributed by atoms with E-state index in [-0.39, 0.29) is 16.8 Å². The molecular weight excluding hydrogens is 407 g/mol. The second-order valence-corrected chi connectivity index (χ2v) is 9.26. The maximum Gasteiger partial charge on any atom is 0.268 e. The normalized spacial score (nSPS) is 14.7. The number of benzene rings is 2. The molecule has 0 bridgehead atoms. The van der Waals surface area contributed by atoms with E-state index in [1.807, 2.05) is 45.9 Å². The Morgan fingerprint density at radius 2 is 1.72 bits per heavy atom. The summed E-state index contributed by atoms with van der Waals surface area (Å²) < 4.78 is 14.7. The second kappa shape index (κ2) is 7.86. The van der Waals surface area contributed by atoms with Crippen molar-refractivity contribution < 1.29 is 14.0 Å². The molecule has 0 saturated carbocycles. The molecule has 5 nitrogen and oxygen atoms in total. The van der Waals surface area contributed by atoms with Gasteiger partial charge in [-0.05, 0) is 72.7 Å². The van der Waals surface area contributed by atoms with Gasteiger partial charge in [-0.25, -0.2) is 4.39 Å². The number of anilines is 1. The number of ketones is 1. The van der Waals surface area contributed by atoms with Gasteiger partial charge in [-0.1, -0.05) is 26.0 Å². The molecule has 1 N–H and O–H groups in total. The SMILES string of the molecule is Cc1ccc(C)c(NC(=O)c2c3c(cn(-c4ccc(F)cc4)c2=O)C(=O)CC(C)(C)C3)c1. The maximum absolute atomic E-state index is 13.5. The number of fused-ring (bicyclic) bond motifs is 1. The van der Waals surface area contributed by atoms with Crippen LogP contribution in [0.2, 0.25) is 0 Å². The molecule has 0 radical (unpaired) electrons. The van der Waals surface area contributed by atoms with Crippen LogP contribution in [0, 0.1) is 25.1 Å². The van der Waals surface area contributed by atoms with Gasteiger partial charge in [0.25, 0.3) is 11.5 Å². The number of hydrogen-bond acceptors (Lipinski definition) is 3. The monoisotopic (exact) mass is 432 g/mol. The zero-order valence-electron chi connectivity index (χ0n) is 18.6. The molecule has 0 atom stereocenters. The standard InChI is InChI=1S/C26H25FN2O3/c1-15-5-6-16(2)21(11-15)28-24(31)23-19-12-26(3,4)13-22(30)20(19)14-29(25(23)32)18-9-7-17(27)8-10-18/h5-11,14H,12-13H2,1-4H3,(H,28,31). The molecular formula is C26H25FN2O3. The molecule has 2 aromatic carbocycles. The summed E-state index contributed by atoms with van der Waals surface area (Å²) in [5.41, 5.74) is 2.71. The van der Waals surface area contributed by atoms with Crippen LogP contribution < -0.4 is 10.9 Å². The van der Waals surface area contributed by atoms with Crippen LogP contribution in [0.4, 0.5) is 10.1 Å². The predicted molar refractivity (Wildman–Crippen MR) is 122 cm³/mol. The number of hydrogen-bond donors (Lipinski definition) is 1. The van der Waals surface area contributed by atoms with Crippen LogP contribution in [-0.4, -0.2) is 16.3 Å². The number of rotatable bonds is 3. The minimum Gasteiger partial charge on any atom is -0.322 e. The fraction of sp³-hybridized carbons (Fsp3) is 0.269. The molecule has 164 valence electrons. The molecule has 0 unspecified atom stereocenters. The summed E-state index contributed by atoms with van der Waals surface area (Å²) >= 11 is 0. The van der Waals surface area contributed by atoms with Crippen LogP contribution in [0.25, 0.3) is 5.69 Å². The molecule has 1 amide bonds. The highest BCUT2D eigenvalue weighted by atomic mass is 19.1. The predicted octanol–water partition coefficient (Wildman–Crippen LogP) is 5.00. The first-order chi connectivity index (χ1) is 15.1. The van der Waals surface area contributed by atoms with E-state index in [4.69, 9.17) is 0 Å². The van der Waals surface area contributed by atoms with Crippen LogP contribution >= 0.6 is 0 Å². The molecule has 3 aromatic rings. The molecule has 1 heterocycles. The summed E-state index contributed by atoms with van der Waals surface area (Å²) in [6, 6.07) is 11.1. The fourth-order valence-corrected chi connectivity index (χ4v) is 4.23. The molecule has 6 heteroatoms. The van der Waals surface area contributed by atoms with Gasteiger partial charge >= 0.3 is 0 Å². The topological polar surface area (TPSA) is 68.2 Å². The summed E-state index contributed by atoms with van der Waals surface area (Å²) in [6.07, 6.45) is 2.24. The van der Waals surface area contributed by atoms with Gasteiger partial charge in [-0.15, -0.1) is 0 Å². The summed E-state index contributed by atoms with van der Waals surface area (Å²) in [5, 5.41) is 2.86. The third-order valence-corrected chi connectivity index (χ3v) is 5.89. The van der Waals surface area contributed by atoms with E-state index in [0.717, 1.165) is 11.1 Å². The third-order valence-electron chi connectivity index (χ3n) is 5.89. The summed E-state index contributed by atoms with van der Waals surface area (Å²) in [7, 11) is 0. The van der Waals surface area contributed by atoms with Gasteiger partial charge < -0.3 is 5.32 Å². The molecule has 1 aromatic heterocycles. The second-order valence-electron chi connectivity index (χ2n) is 9.26. The largest absolute Gasteiger partial charge is 0.322 e. The van der Waals surface area contributed by atoms with Gasteiger partial charge in [0, 0.05) is 29.6 Å². The van der Waals surface area contributed by atoms with Crippen molar-refractivity contribution in [2.45, 2.75) is 40.5 Å². The van der Waals surface area contributed by atoms with Crippen LogP contribution in [0.1, 0.15) is 57.7 Å². The quantitative estimate of drug-likeness (QED) is 0.633. The summed E-state index contributed by atoms with van der Waals surface area (Å²) in [6.45, 7) is 7.69. The minimum atomic E-state index is -0.554. The zero-order chi connectivity index (χ0) is 23.2. The van der Waals surface area contributed by atoms with Crippen molar-refractivity contribution in [3.63, 3.8) is 0 Å². The molecule has 1 aliphatic rings. The molecule has 0 saturated heterocycles. The van der Waals surface area contributed by atoms with Crippen molar-refractivity contribution in [2.24, 2.45) is 5.41 Å². The number of carbonyl (C=O) groups is 2. The third kappa shape index (κ3) is 4.00. The van der Waals surface area contributed by atoms with E-state index < -0.39 is 17.3 Å². The number of aromatic nitrogens is 1. The lowest BCUT2D eigenvalue weighted by atomic mass is 9.73. The number of aryl methyl sites for hydroxylation is 2. The van der Waals surface area contributed by atoms with E-state index in [1.165, 1.54) is 35.0 Å². The van der Waals surface area contributed by atoms with Crippen molar-refractivity contribution in [3.05, 3.63) is 92.6 Å². The molecule has 4 rings (SSSR count). The number of nitrogens with one attached hydrogen (secondary N) is 1. The molecule has 0 fully saturated rings. The number of Topliss-reactive ketones (excluding diaryl/α,β-unsaturated/α-hetero) is 1. The van der Waals surface area contributed by atoms with Crippen molar-refractivity contribution >= 4 is 17.4 Å². The fourth-order valence-electron chi connectivity index (χ4n) is 4.23. The smallest absolute Gasteiger partial charge is 0.268 e. The van der Waals surface area contributed by atoms with Crippen LogP contribution in [-0.2, 0) is 6.42 Å². The number of carbonyl (C=O) groups excluding carboxylic acids is 2. The van der Waals surface area contributed by atoms with Crippen molar-refractivity contribution in [2.75, 3.05) is 5.32 Å². The number of nitrogens with zero attached hydrogens (tertiary/aromatic N) is 1. The highest BCUT2D eigenvalue weighted by Gasteiger charge is 2.36. The summed E-state index contributed by atoms with van der Waals surface area (Å²) in [4.78, 5) is 39.9. The van der Waals surface area contributed by atoms with Crippen LogP contribution in [0.5, 0.6) is 0 Å².